The van der Waals surface area contributed by atoms with Crippen LogP contribution >= 0.6 is 15.9 Å². The molecule has 3 nitrogen and oxygen atoms in total. The third kappa shape index (κ3) is 3.39. The van der Waals surface area contributed by atoms with Crippen molar-refractivity contribution in [2.75, 3.05) is 6.61 Å². The number of hydroxylamine groups is 1. The molecular weight excluding hydrogens is 258 g/mol. The van der Waals surface area contributed by atoms with Gasteiger partial charge in [-0.3, -0.25) is 9.63 Å². The second-order valence-electron chi connectivity index (χ2n) is 2.91. The zero-order chi connectivity index (χ0) is 11.3. The van der Waals surface area contributed by atoms with Gasteiger partial charge in [-0.25, -0.2) is 5.48 Å². The van der Waals surface area contributed by atoms with Crippen molar-refractivity contribution >= 4 is 21.8 Å². The first-order chi connectivity index (χ1) is 7.15. The summed E-state index contributed by atoms with van der Waals surface area (Å²) in [5.74, 6) is 1.93. The van der Waals surface area contributed by atoms with Crippen LogP contribution < -0.4 is 5.48 Å². The van der Waals surface area contributed by atoms with Crippen LogP contribution in [0, 0.1) is 19.3 Å². The number of terminal acetylenes is 1. The van der Waals surface area contributed by atoms with E-state index in [4.69, 9.17) is 11.3 Å². The van der Waals surface area contributed by atoms with Gasteiger partial charge in [0.05, 0.1) is 5.56 Å². The summed E-state index contributed by atoms with van der Waals surface area (Å²) in [5, 5.41) is 0. The summed E-state index contributed by atoms with van der Waals surface area (Å²) in [6.45, 7) is 2.00. The molecule has 0 saturated heterocycles. The van der Waals surface area contributed by atoms with Crippen LogP contribution in [0.4, 0.5) is 0 Å². The van der Waals surface area contributed by atoms with Gasteiger partial charge in [0.1, 0.15) is 6.61 Å². The standard InChI is InChI=1S/C11H10BrNO2/c1-3-6-15-13-11(14)9-5-4-8(2)7-10(9)12/h1,4-5,7H,6H2,2H3,(H,13,14). The van der Waals surface area contributed by atoms with E-state index < -0.39 is 0 Å². The van der Waals surface area contributed by atoms with Crippen LogP contribution in [0.25, 0.3) is 0 Å². The highest BCUT2D eigenvalue weighted by molar-refractivity contribution is 9.10. The monoisotopic (exact) mass is 267 g/mol. The van der Waals surface area contributed by atoms with E-state index in [2.05, 4.69) is 27.3 Å². The van der Waals surface area contributed by atoms with E-state index in [1.54, 1.807) is 6.07 Å². The van der Waals surface area contributed by atoms with Crippen LogP contribution in [-0.4, -0.2) is 12.5 Å². The van der Waals surface area contributed by atoms with Crippen molar-refractivity contribution in [3.05, 3.63) is 33.8 Å². The Morgan fingerprint density at radius 2 is 2.40 bits per heavy atom. The van der Waals surface area contributed by atoms with Crippen LogP contribution in [0.2, 0.25) is 0 Å². The Kier molecular flexibility index (Phi) is 4.35. The average molecular weight is 268 g/mol. The molecule has 1 N–H and O–H groups in total. The summed E-state index contributed by atoms with van der Waals surface area (Å²) in [4.78, 5) is 16.2. The van der Waals surface area contributed by atoms with Gasteiger partial charge in [0.25, 0.3) is 5.91 Å². The summed E-state index contributed by atoms with van der Waals surface area (Å²) < 4.78 is 0.726. The molecule has 0 spiro atoms. The summed E-state index contributed by atoms with van der Waals surface area (Å²) in [7, 11) is 0. The number of halogens is 1. The summed E-state index contributed by atoms with van der Waals surface area (Å²) in [6, 6.07) is 5.42. The Balaban J connectivity index is 2.70. The molecule has 1 aromatic carbocycles. The Labute approximate surface area is 96.9 Å². The maximum Gasteiger partial charge on any atom is 0.276 e. The van der Waals surface area contributed by atoms with Gasteiger partial charge >= 0.3 is 0 Å². The van der Waals surface area contributed by atoms with Crippen molar-refractivity contribution in [1.82, 2.24) is 5.48 Å². The number of hydrogen-bond acceptors (Lipinski definition) is 2. The molecule has 1 amide bonds. The highest BCUT2D eigenvalue weighted by Crippen LogP contribution is 2.17. The first kappa shape index (κ1) is 11.8. The van der Waals surface area contributed by atoms with E-state index >= 15 is 0 Å². The van der Waals surface area contributed by atoms with Crippen LogP contribution in [0.1, 0.15) is 15.9 Å². The van der Waals surface area contributed by atoms with E-state index in [9.17, 15) is 4.79 Å². The number of aryl methyl sites for hydroxylation is 1. The molecule has 0 bridgehead atoms. The molecule has 0 aliphatic rings. The molecule has 4 heteroatoms. The third-order valence-electron chi connectivity index (χ3n) is 1.69. The summed E-state index contributed by atoms with van der Waals surface area (Å²) in [6.07, 6.45) is 4.97. The molecular formula is C11H10BrNO2. The highest BCUT2D eigenvalue weighted by atomic mass is 79.9. The molecule has 0 heterocycles. The molecule has 1 aromatic rings. The summed E-state index contributed by atoms with van der Waals surface area (Å²) in [5.41, 5.74) is 3.83. The van der Waals surface area contributed by atoms with E-state index in [-0.39, 0.29) is 12.5 Å². The van der Waals surface area contributed by atoms with Crippen molar-refractivity contribution in [3.8, 4) is 12.3 Å². The molecule has 0 unspecified atom stereocenters. The van der Waals surface area contributed by atoms with E-state index in [1.807, 2.05) is 19.1 Å². The quantitative estimate of drug-likeness (QED) is 0.517. The maximum atomic E-state index is 11.5. The van der Waals surface area contributed by atoms with Crippen molar-refractivity contribution in [3.63, 3.8) is 0 Å². The van der Waals surface area contributed by atoms with Crippen molar-refractivity contribution < 1.29 is 9.63 Å². The van der Waals surface area contributed by atoms with Gasteiger partial charge in [-0.1, -0.05) is 12.0 Å². The Bertz CT molecular complexity index is 410. The van der Waals surface area contributed by atoms with Crippen molar-refractivity contribution in [2.24, 2.45) is 0 Å². The SMILES string of the molecule is C#CCONC(=O)c1ccc(C)cc1Br. The average Bonchev–Trinajstić information content (AvgIpc) is 2.17. The van der Waals surface area contributed by atoms with Gasteiger partial charge in [0.2, 0.25) is 0 Å². The first-order valence-corrected chi connectivity index (χ1v) is 5.06. The molecule has 0 saturated carbocycles. The van der Waals surface area contributed by atoms with Crippen molar-refractivity contribution in [2.45, 2.75) is 6.92 Å². The van der Waals surface area contributed by atoms with Crippen LogP contribution in [0.15, 0.2) is 22.7 Å². The lowest BCUT2D eigenvalue weighted by Crippen LogP contribution is -2.24. The largest absolute Gasteiger partial charge is 0.276 e. The minimum Gasteiger partial charge on any atom is -0.267 e. The predicted molar refractivity (Wildman–Crippen MR) is 61.1 cm³/mol. The fourth-order valence-electron chi connectivity index (χ4n) is 1.00. The molecule has 0 fully saturated rings. The topological polar surface area (TPSA) is 38.3 Å². The summed E-state index contributed by atoms with van der Waals surface area (Å²) >= 11 is 3.30. The molecule has 78 valence electrons. The van der Waals surface area contributed by atoms with Gasteiger partial charge < -0.3 is 0 Å². The number of hydrogen-bond donors (Lipinski definition) is 1. The van der Waals surface area contributed by atoms with Gasteiger partial charge in [-0.05, 0) is 40.5 Å². The van der Waals surface area contributed by atoms with E-state index in [0.29, 0.717) is 5.56 Å². The van der Waals surface area contributed by atoms with E-state index in [1.165, 1.54) is 0 Å². The second-order valence-corrected chi connectivity index (χ2v) is 3.76. The Morgan fingerprint density at radius 3 is 3.00 bits per heavy atom. The number of carbonyl (C=O) groups excluding carboxylic acids is 1. The van der Waals surface area contributed by atoms with Crippen LogP contribution in [-0.2, 0) is 4.84 Å². The molecule has 0 aromatic heterocycles. The van der Waals surface area contributed by atoms with Gasteiger partial charge in [0.15, 0.2) is 0 Å². The normalized spacial score (nSPS) is 9.40. The third-order valence-corrected chi connectivity index (χ3v) is 2.35. The molecule has 0 aliphatic carbocycles. The molecule has 0 aliphatic heterocycles. The smallest absolute Gasteiger partial charge is 0.267 e. The lowest BCUT2D eigenvalue weighted by atomic mass is 10.1. The Morgan fingerprint density at radius 1 is 1.67 bits per heavy atom. The first-order valence-electron chi connectivity index (χ1n) is 4.27. The zero-order valence-corrected chi connectivity index (χ0v) is 9.80. The van der Waals surface area contributed by atoms with Gasteiger partial charge in [0, 0.05) is 4.47 Å². The Hall–Kier alpha value is -1.31. The van der Waals surface area contributed by atoms with Crippen molar-refractivity contribution in [1.29, 1.82) is 0 Å². The predicted octanol–water partition coefficient (Wildman–Crippen LogP) is 2.05. The zero-order valence-electron chi connectivity index (χ0n) is 8.21. The second kappa shape index (κ2) is 5.54. The maximum absolute atomic E-state index is 11.5. The lowest BCUT2D eigenvalue weighted by molar-refractivity contribution is 0.0437. The van der Waals surface area contributed by atoms with Gasteiger partial charge in [-0.15, -0.1) is 6.42 Å². The fourth-order valence-corrected chi connectivity index (χ4v) is 1.68. The number of benzene rings is 1. The molecule has 0 atom stereocenters. The minimum atomic E-state index is -0.322. The fraction of sp³-hybridized carbons (Fsp3) is 0.182. The molecule has 1 rings (SSSR count). The van der Waals surface area contributed by atoms with Gasteiger partial charge in [-0.2, -0.15) is 0 Å². The van der Waals surface area contributed by atoms with E-state index in [0.717, 1.165) is 10.0 Å². The number of carbonyl (C=O) groups is 1. The highest BCUT2D eigenvalue weighted by Gasteiger charge is 2.09. The lowest BCUT2D eigenvalue weighted by Gasteiger charge is -2.05. The molecule has 0 radical (unpaired) electrons. The van der Waals surface area contributed by atoms with Crippen LogP contribution in [0.5, 0.6) is 0 Å². The van der Waals surface area contributed by atoms with Crippen LogP contribution in [0.3, 0.4) is 0 Å². The minimum absolute atomic E-state index is 0.0508. The number of amides is 1. The number of rotatable bonds is 3. The molecule has 15 heavy (non-hydrogen) atoms. The number of nitrogens with one attached hydrogen (secondary N) is 1.